The number of aliphatic hydroxyl groups is 1. The minimum atomic E-state index is -0.565. The smallest absolute Gasteiger partial charge is 0.255 e. The number of fused-ring (bicyclic) bond motifs is 1. The van der Waals surface area contributed by atoms with Crippen molar-refractivity contribution in [3.05, 3.63) is 0 Å². The number of aliphatic hydroxyl groups excluding tert-OH is 1. The van der Waals surface area contributed by atoms with Crippen molar-refractivity contribution in [1.29, 1.82) is 0 Å². The summed E-state index contributed by atoms with van der Waals surface area (Å²) in [6.45, 7) is 0.396. The summed E-state index contributed by atoms with van der Waals surface area (Å²) in [5.74, 6) is -0.178. The Kier molecular flexibility index (Phi) is 3.02. The quantitative estimate of drug-likeness (QED) is 0.457. The van der Waals surface area contributed by atoms with E-state index in [1.54, 1.807) is 4.90 Å². The minimum absolute atomic E-state index is 0.0506. The molecule has 0 aliphatic carbocycles. The molecule has 0 unspecified atom stereocenters. The maximum atomic E-state index is 11.5. The molecule has 8 heteroatoms. The highest BCUT2D eigenvalue weighted by atomic mass is 16.5. The lowest BCUT2D eigenvalue weighted by Gasteiger charge is -2.27. The summed E-state index contributed by atoms with van der Waals surface area (Å²) in [7, 11) is 0. The highest BCUT2D eigenvalue weighted by Gasteiger charge is 2.39. The molecule has 2 aliphatic heterocycles. The van der Waals surface area contributed by atoms with Gasteiger partial charge in [-0.2, -0.15) is 0 Å². The molecule has 0 spiro atoms. The maximum absolute atomic E-state index is 11.5. The topological polar surface area (TPSA) is 113 Å². The van der Waals surface area contributed by atoms with E-state index >= 15 is 0 Å². The zero-order valence-corrected chi connectivity index (χ0v) is 8.54. The van der Waals surface area contributed by atoms with Crippen molar-refractivity contribution in [1.82, 2.24) is 10.2 Å². The predicted octanol–water partition coefficient (Wildman–Crippen LogP) is -2.56. The van der Waals surface area contributed by atoms with Crippen LogP contribution in [-0.4, -0.2) is 60.4 Å². The third kappa shape index (κ3) is 1.97. The number of guanidine groups is 1. The summed E-state index contributed by atoms with van der Waals surface area (Å²) in [4.78, 5) is 21.2. The second-order valence-electron chi connectivity index (χ2n) is 3.40. The van der Waals surface area contributed by atoms with Crippen LogP contribution in [0.1, 0.15) is 0 Å². The Balaban J connectivity index is 2.00. The monoisotopic (exact) mass is 227 g/mol. The van der Waals surface area contributed by atoms with E-state index in [2.05, 4.69) is 15.3 Å². The van der Waals surface area contributed by atoms with Gasteiger partial charge in [0.15, 0.2) is 18.2 Å². The summed E-state index contributed by atoms with van der Waals surface area (Å²) in [5.41, 5.74) is 5.45. The molecule has 0 aromatic rings. The van der Waals surface area contributed by atoms with E-state index in [1.807, 2.05) is 0 Å². The van der Waals surface area contributed by atoms with Crippen molar-refractivity contribution in [2.24, 2.45) is 15.7 Å². The molecule has 4 N–H and O–H groups in total. The molecule has 1 amide bonds. The Labute approximate surface area is 91.8 Å². The molecular weight excluding hydrogens is 214 g/mol. The molecule has 0 radical (unpaired) electrons. The number of nitrogens with two attached hydrogens (primary N) is 1. The zero-order valence-electron chi connectivity index (χ0n) is 8.54. The van der Waals surface area contributed by atoms with E-state index in [4.69, 9.17) is 15.6 Å². The fourth-order valence-corrected chi connectivity index (χ4v) is 1.55. The van der Waals surface area contributed by atoms with Gasteiger partial charge in [-0.3, -0.25) is 15.1 Å². The lowest BCUT2D eigenvalue weighted by Crippen LogP contribution is -2.54. The van der Waals surface area contributed by atoms with Crippen LogP contribution >= 0.6 is 0 Å². The number of aliphatic imine (C=N–C) groups is 2. The standard InChI is InChI=1S/C8H13N5O3/c9-8-11-6-5(7(15)12-8)10-3-13(6)4-16-2-1-14/h3,5-6,14H,1-2,4H2,(H3,9,11,12,15)/t5-,6+/m1/s1. The van der Waals surface area contributed by atoms with E-state index < -0.39 is 12.2 Å². The van der Waals surface area contributed by atoms with E-state index in [-0.39, 0.29) is 31.8 Å². The summed E-state index contributed by atoms with van der Waals surface area (Å²) in [5, 5.41) is 11.0. The average Bonchev–Trinajstić information content (AvgIpc) is 2.62. The highest BCUT2D eigenvalue weighted by Crippen LogP contribution is 2.17. The number of nitrogens with one attached hydrogen (secondary N) is 1. The first-order chi connectivity index (χ1) is 7.72. The molecule has 2 atom stereocenters. The van der Waals surface area contributed by atoms with E-state index in [1.165, 1.54) is 6.34 Å². The van der Waals surface area contributed by atoms with Gasteiger partial charge in [-0.15, -0.1) is 0 Å². The normalized spacial score (nSPS) is 27.7. The third-order valence-corrected chi connectivity index (χ3v) is 2.27. The molecule has 2 aliphatic rings. The van der Waals surface area contributed by atoms with Gasteiger partial charge in [0.2, 0.25) is 0 Å². The van der Waals surface area contributed by atoms with Gasteiger partial charge in [-0.05, 0) is 0 Å². The molecule has 0 fully saturated rings. The van der Waals surface area contributed by atoms with Crippen molar-refractivity contribution in [3.8, 4) is 0 Å². The Hall–Kier alpha value is -1.67. The third-order valence-electron chi connectivity index (χ3n) is 2.27. The molecule has 16 heavy (non-hydrogen) atoms. The zero-order chi connectivity index (χ0) is 11.5. The summed E-state index contributed by atoms with van der Waals surface area (Å²) in [6.07, 6.45) is 1.07. The molecule has 0 saturated heterocycles. The first kappa shape index (κ1) is 10.8. The number of carbonyl (C=O) groups is 1. The van der Waals surface area contributed by atoms with Crippen LogP contribution in [0.2, 0.25) is 0 Å². The van der Waals surface area contributed by atoms with Crippen LogP contribution in [0.25, 0.3) is 0 Å². The number of ether oxygens (including phenoxy) is 1. The maximum Gasteiger partial charge on any atom is 0.255 e. The number of hydrogen-bond donors (Lipinski definition) is 3. The fourth-order valence-electron chi connectivity index (χ4n) is 1.55. The number of carbonyl (C=O) groups excluding carboxylic acids is 1. The number of hydrogen-bond acceptors (Lipinski definition) is 7. The van der Waals surface area contributed by atoms with Gasteiger partial charge in [0.25, 0.3) is 5.91 Å². The largest absolute Gasteiger partial charge is 0.394 e. The average molecular weight is 227 g/mol. The SMILES string of the molecule is NC1=N[C@@H]2[C@@H](N=CN2COCCO)C(=O)N1. The van der Waals surface area contributed by atoms with Gasteiger partial charge < -0.3 is 20.5 Å². The highest BCUT2D eigenvalue weighted by molar-refractivity contribution is 6.02. The summed E-state index contributed by atoms with van der Waals surface area (Å²) in [6, 6.07) is -0.565. The van der Waals surface area contributed by atoms with Gasteiger partial charge in [0.1, 0.15) is 6.73 Å². The summed E-state index contributed by atoms with van der Waals surface area (Å²) >= 11 is 0. The van der Waals surface area contributed by atoms with Crippen molar-refractivity contribution in [2.75, 3.05) is 19.9 Å². The number of rotatable bonds is 4. The Morgan fingerprint density at radius 3 is 3.25 bits per heavy atom. The Morgan fingerprint density at radius 1 is 1.69 bits per heavy atom. The first-order valence-corrected chi connectivity index (χ1v) is 4.84. The van der Waals surface area contributed by atoms with Crippen LogP contribution in [0.15, 0.2) is 9.98 Å². The van der Waals surface area contributed by atoms with E-state index in [0.29, 0.717) is 0 Å². The molecule has 88 valence electrons. The fraction of sp³-hybridized carbons (Fsp3) is 0.625. The second-order valence-corrected chi connectivity index (χ2v) is 3.40. The lowest BCUT2D eigenvalue weighted by molar-refractivity contribution is -0.122. The molecule has 0 saturated carbocycles. The molecule has 2 rings (SSSR count). The Bertz CT molecular complexity index is 343. The van der Waals surface area contributed by atoms with Gasteiger partial charge in [-0.25, -0.2) is 4.99 Å². The van der Waals surface area contributed by atoms with Crippen molar-refractivity contribution >= 4 is 18.2 Å². The van der Waals surface area contributed by atoms with Gasteiger partial charge in [0, 0.05) is 0 Å². The van der Waals surface area contributed by atoms with Crippen LogP contribution in [0.5, 0.6) is 0 Å². The van der Waals surface area contributed by atoms with Crippen LogP contribution in [0.4, 0.5) is 0 Å². The predicted molar refractivity (Wildman–Crippen MR) is 55.6 cm³/mol. The number of amides is 1. The molecular formula is C8H13N5O3. The van der Waals surface area contributed by atoms with E-state index in [0.717, 1.165) is 0 Å². The Morgan fingerprint density at radius 2 is 2.50 bits per heavy atom. The lowest BCUT2D eigenvalue weighted by atomic mass is 10.2. The minimum Gasteiger partial charge on any atom is -0.394 e. The van der Waals surface area contributed by atoms with Crippen LogP contribution in [-0.2, 0) is 9.53 Å². The van der Waals surface area contributed by atoms with Gasteiger partial charge in [-0.1, -0.05) is 0 Å². The molecule has 0 aromatic heterocycles. The van der Waals surface area contributed by atoms with Crippen molar-refractivity contribution in [2.45, 2.75) is 12.2 Å². The van der Waals surface area contributed by atoms with Crippen LogP contribution < -0.4 is 11.1 Å². The van der Waals surface area contributed by atoms with Gasteiger partial charge in [0.05, 0.1) is 19.6 Å². The number of nitrogens with zero attached hydrogens (tertiary/aromatic N) is 3. The molecule has 2 heterocycles. The van der Waals surface area contributed by atoms with Gasteiger partial charge >= 0.3 is 0 Å². The van der Waals surface area contributed by atoms with Crippen molar-refractivity contribution < 1.29 is 14.6 Å². The van der Waals surface area contributed by atoms with Crippen molar-refractivity contribution in [3.63, 3.8) is 0 Å². The second kappa shape index (κ2) is 4.45. The first-order valence-electron chi connectivity index (χ1n) is 4.84. The van der Waals surface area contributed by atoms with E-state index in [9.17, 15) is 4.79 Å². The molecule has 0 bridgehead atoms. The molecule has 8 nitrogen and oxygen atoms in total. The molecule has 0 aromatic carbocycles. The van der Waals surface area contributed by atoms with Crippen LogP contribution in [0.3, 0.4) is 0 Å². The summed E-state index contributed by atoms with van der Waals surface area (Å²) < 4.78 is 5.13. The van der Waals surface area contributed by atoms with Crippen LogP contribution in [0, 0.1) is 0 Å².